The highest BCUT2D eigenvalue weighted by Crippen LogP contribution is 2.12. The molecule has 0 radical (unpaired) electrons. The Bertz CT molecular complexity index is 586. The molecule has 0 spiro atoms. The van der Waals surface area contributed by atoms with Crippen LogP contribution >= 0.6 is 0 Å². The van der Waals surface area contributed by atoms with Gasteiger partial charge in [0.2, 0.25) is 0 Å². The zero-order valence-corrected chi connectivity index (χ0v) is 12.4. The van der Waals surface area contributed by atoms with E-state index in [2.05, 4.69) is 10.6 Å². The summed E-state index contributed by atoms with van der Waals surface area (Å²) in [5.41, 5.74) is 0.432. The molecule has 0 unspecified atom stereocenters. The van der Waals surface area contributed by atoms with Gasteiger partial charge in [-0.1, -0.05) is 37.3 Å². The van der Waals surface area contributed by atoms with Crippen molar-refractivity contribution < 1.29 is 23.1 Å². The Morgan fingerprint density at radius 1 is 1.24 bits per heavy atom. The smallest absolute Gasteiger partial charge is 0.330 e. The molecule has 21 heavy (non-hydrogen) atoms. The van der Waals surface area contributed by atoms with Crippen LogP contribution in [0.5, 0.6) is 0 Å². The Labute approximate surface area is 123 Å². The van der Waals surface area contributed by atoms with E-state index in [4.69, 9.17) is 5.11 Å². The Morgan fingerprint density at radius 2 is 1.86 bits per heavy atom. The van der Waals surface area contributed by atoms with Gasteiger partial charge < -0.3 is 15.7 Å². The van der Waals surface area contributed by atoms with Gasteiger partial charge in [0.25, 0.3) is 0 Å². The number of carbonyl (C=O) groups is 2. The SMILES string of the molecule is CCS(=O)(=O)CCNC(=O)N[C@H](C(=O)O)c1ccccc1. The molecule has 0 saturated carbocycles. The highest BCUT2D eigenvalue weighted by Gasteiger charge is 2.21. The number of carbonyl (C=O) groups excluding carboxylic acids is 1. The van der Waals surface area contributed by atoms with Gasteiger partial charge in [-0.05, 0) is 5.56 Å². The fourth-order valence-corrected chi connectivity index (χ4v) is 2.28. The molecule has 1 atom stereocenters. The minimum absolute atomic E-state index is 0.00192. The highest BCUT2D eigenvalue weighted by atomic mass is 32.2. The number of amides is 2. The van der Waals surface area contributed by atoms with Crippen LogP contribution in [-0.2, 0) is 14.6 Å². The second-order valence-corrected chi connectivity index (χ2v) is 6.79. The molecule has 1 aromatic carbocycles. The van der Waals surface area contributed by atoms with Crippen LogP contribution in [-0.4, -0.2) is 43.6 Å². The monoisotopic (exact) mass is 314 g/mol. The average Bonchev–Trinajstić information content (AvgIpc) is 2.45. The zero-order valence-electron chi connectivity index (χ0n) is 11.6. The van der Waals surface area contributed by atoms with E-state index in [0.717, 1.165) is 0 Å². The summed E-state index contributed by atoms with van der Waals surface area (Å²) in [5.74, 6) is -1.38. The maximum atomic E-state index is 11.6. The first-order valence-electron chi connectivity index (χ1n) is 6.38. The molecule has 0 saturated heterocycles. The van der Waals surface area contributed by atoms with E-state index in [-0.39, 0.29) is 18.1 Å². The second kappa shape index (κ2) is 7.63. The first-order chi connectivity index (χ1) is 9.85. The van der Waals surface area contributed by atoms with Gasteiger partial charge in [-0.15, -0.1) is 0 Å². The van der Waals surface area contributed by atoms with Gasteiger partial charge in [-0.2, -0.15) is 0 Å². The van der Waals surface area contributed by atoms with E-state index in [1.54, 1.807) is 30.3 Å². The summed E-state index contributed by atoms with van der Waals surface area (Å²) in [4.78, 5) is 22.8. The van der Waals surface area contributed by atoms with Crippen molar-refractivity contribution in [2.75, 3.05) is 18.1 Å². The predicted molar refractivity (Wildman–Crippen MR) is 77.7 cm³/mol. The van der Waals surface area contributed by atoms with Crippen molar-refractivity contribution in [1.29, 1.82) is 0 Å². The summed E-state index contributed by atoms with van der Waals surface area (Å²) < 4.78 is 22.5. The number of benzene rings is 1. The van der Waals surface area contributed by atoms with Crippen molar-refractivity contribution in [2.45, 2.75) is 13.0 Å². The molecule has 8 heteroatoms. The molecule has 1 rings (SSSR count). The number of urea groups is 1. The van der Waals surface area contributed by atoms with E-state index >= 15 is 0 Å². The van der Waals surface area contributed by atoms with Crippen LogP contribution in [0.2, 0.25) is 0 Å². The molecule has 0 aliphatic carbocycles. The number of hydrogen-bond donors (Lipinski definition) is 3. The lowest BCUT2D eigenvalue weighted by molar-refractivity contribution is -0.139. The van der Waals surface area contributed by atoms with Crippen LogP contribution in [0.1, 0.15) is 18.5 Å². The number of nitrogens with one attached hydrogen (secondary N) is 2. The number of aliphatic carboxylic acids is 1. The predicted octanol–water partition coefficient (Wildman–Crippen LogP) is 0.546. The summed E-state index contributed by atoms with van der Waals surface area (Å²) >= 11 is 0. The molecule has 0 bridgehead atoms. The van der Waals surface area contributed by atoms with E-state index < -0.39 is 27.9 Å². The van der Waals surface area contributed by atoms with Crippen LogP contribution < -0.4 is 10.6 Å². The fraction of sp³-hybridized carbons (Fsp3) is 0.385. The second-order valence-electron chi connectivity index (χ2n) is 4.32. The summed E-state index contributed by atoms with van der Waals surface area (Å²) in [5, 5.41) is 13.8. The van der Waals surface area contributed by atoms with Crippen LogP contribution in [0.25, 0.3) is 0 Å². The number of rotatable bonds is 7. The molecule has 3 N–H and O–H groups in total. The van der Waals surface area contributed by atoms with Gasteiger partial charge in [0.05, 0.1) is 5.75 Å². The normalized spacial score (nSPS) is 12.4. The lowest BCUT2D eigenvalue weighted by atomic mass is 10.1. The number of carboxylic acid groups (broad SMARTS) is 1. The van der Waals surface area contributed by atoms with Gasteiger partial charge in [0.1, 0.15) is 0 Å². The first kappa shape index (κ1) is 17.0. The van der Waals surface area contributed by atoms with Crippen LogP contribution in [0.15, 0.2) is 30.3 Å². The summed E-state index contributed by atoms with van der Waals surface area (Å²) in [6, 6.07) is 6.32. The van der Waals surface area contributed by atoms with Crippen molar-refractivity contribution in [2.24, 2.45) is 0 Å². The van der Waals surface area contributed by atoms with E-state index in [9.17, 15) is 18.0 Å². The lowest BCUT2D eigenvalue weighted by Gasteiger charge is -2.15. The van der Waals surface area contributed by atoms with Crippen molar-refractivity contribution in [3.8, 4) is 0 Å². The Hall–Kier alpha value is -2.09. The molecule has 2 amide bonds. The molecule has 1 aromatic rings. The standard InChI is InChI=1S/C13H18N2O5S/c1-2-21(19,20)9-8-14-13(18)15-11(12(16)17)10-6-4-3-5-7-10/h3-7,11H,2,8-9H2,1H3,(H,16,17)(H2,14,15,18)/t11-/m0/s1. The third kappa shape index (κ3) is 5.82. The highest BCUT2D eigenvalue weighted by molar-refractivity contribution is 7.91. The number of carboxylic acids is 1. The van der Waals surface area contributed by atoms with Crippen molar-refractivity contribution in [3.05, 3.63) is 35.9 Å². The molecule has 116 valence electrons. The van der Waals surface area contributed by atoms with Crippen LogP contribution in [0.3, 0.4) is 0 Å². The van der Waals surface area contributed by atoms with E-state index in [1.165, 1.54) is 6.92 Å². The van der Waals surface area contributed by atoms with E-state index in [0.29, 0.717) is 5.56 Å². The fourth-order valence-electron chi connectivity index (χ4n) is 1.58. The molecule has 0 aromatic heterocycles. The molecule has 7 nitrogen and oxygen atoms in total. The van der Waals surface area contributed by atoms with Crippen molar-refractivity contribution >= 4 is 21.8 Å². The maximum Gasteiger partial charge on any atom is 0.330 e. The first-order valence-corrected chi connectivity index (χ1v) is 8.20. The van der Waals surface area contributed by atoms with Gasteiger partial charge in [-0.25, -0.2) is 18.0 Å². The van der Waals surface area contributed by atoms with Gasteiger partial charge in [-0.3, -0.25) is 0 Å². The quantitative estimate of drug-likeness (QED) is 0.680. The van der Waals surface area contributed by atoms with Crippen LogP contribution in [0.4, 0.5) is 4.79 Å². The number of hydrogen-bond acceptors (Lipinski definition) is 4. The topological polar surface area (TPSA) is 113 Å². The third-order valence-corrected chi connectivity index (χ3v) is 4.50. The molecular formula is C13H18N2O5S. The zero-order chi connectivity index (χ0) is 15.9. The van der Waals surface area contributed by atoms with Gasteiger partial charge in [0.15, 0.2) is 15.9 Å². The molecule has 0 heterocycles. The third-order valence-electron chi connectivity index (χ3n) is 2.79. The Morgan fingerprint density at radius 3 is 2.38 bits per heavy atom. The minimum Gasteiger partial charge on any atom is -0.479 e. The Kier molecular flexibility index (Phi) is 6.16. The van der Waals surface area contributed by atoms with Crippen molar-refractivity contribution in [3.63, 3.8) is 0 Å². The average molecular weight is 314 g/mol. The van der Waals surface area contributed by atoms with Crippen molar-refractivity contribution in [1.82, 2.24) is 10.6 Å². The Balaban J connectivity index is 2.57. The summed E-state index contributed by atoms with van der Waals surface area (Å²) in [6.45, 7) is 1.45. The van der Waals surface area contributed by atoms with Crippen LogP contribution in [0, 0.1) is 0 Å². The summed E-state index contributed by atoms with van der Waals surface area (Å²) in [6.07, 6.45) is 0. The summed E-state index contributed by atoms with van der Waals surface area (Å²) in [7, 11) is -3.17. The molecule has 0 fully saturated rings. The molecular weight excluding hydrogens is 296 g/mol. The maximum absolute atomic E-state index is 11.6. The lowest BCUT2D eigenvalue weighted by Crippen LogP contribution is -2.42. The van der Waals surface area contributed by atoms with E-state index in [1.807, 2.05) is 0 Å². The largest absolute Gasteiger partial charge is 0.479 e. The molecule has 0 aliphatic rings. The number of sulfone groups is 1. The van der Waals surface area contributed by atoms with Gasteiger partial charge >= 0.3 is 12.0 Å². The minimum atomic E-state index is -3.17. The molecule has 0 aliphatic heterocycles. The van der Waals surface area contributed by atoms with Gasteiger partial charge in [0, 0.05) is 12.3 Å².